The summed E-state index contributed by atoms with van der Waals surface area (Å²) in [6.07, 6.45) is 0.667. The molecule has 0 saturated carbocycles. The van der Waals surface area contributed by atoms with E-state index < -0.39 is 0 Å². The van der Waals surface area contributed by atoms with E-state index in [9.17, 15) is 9.18 Å². The molecular formula is C21H20FN3O2. The van der Waals surface area contributed by atoms with E-state index in [1.54, 1.807) is 18.2 Å². The Bertz CT molecular complexity index is 998. The molecule has 2 heterocycles. The van der Waals surface area contributed by atoms with E-state index in [1.165, 1.54) is 18.2 Å². The molecule has 1 atom stereocenters. The first-order chi connectivity index (χ1) is 13.1. The fraction of sp³-hybridized carbons (Fsp3) is 0.238. The van der Waals surface area contributed by atoms with Crippen LogP contribution in [-0.4, -0.2) is 28.7 Å². The van der Waals surface area contributed by atoms with Crippen LogP contribution in [0, 0.1) is 5.82 Å². The van der Waals surface area contributed by atoms with Crippen LogP contribution in [0.5, 0.6) is 5.75 Å². The molecule has 0 bridgehead atoms. The van der Waals surface area contributed by atoms with Crippen LogP contribution < -0.4 is 10.3 Å². The number of aromatic amines is 1. The number of fused-ring (bicyclic) bond motifs is 1. The summed E-state index contributed by atoms with van der Waals surface area (Å²) < 4.78 is 19.6. The second kappa shape index (κ2) is 7.32. The number of H-pyrrole nitrogens is 1. The predicted molar refractivity (Wildman–Crippen MR) is 101 cm³/mol. The van der Waals surface area contributed by atoms with Crippen LogP contribution in [0.3, 0.4) is 0 Å². The van der Waals surface area contributed by atoms with Crippen LogP contribution >= 0.6 is 0 Å². The molecule has 5 nitrogen and oxygen atoms in total. The fourth-order valence-electron chi connectivity index (χ4n) is 3.41. The molecule has 1 unspecified atom stereocenters. The van der Waals surface area contributed by atoms with Gasteiger partial charge in [-0.3, -0.25) is 4.79 Å². The minimum atomic E-state index is -0.307. The van der Waals surface area contributed by atoms with Crippen molar-refractivity contribution in [1.82, 2.24) is 15.1 Å². The van der Waals surface area contributed by atoms with Crippen molar-refractivity contribution in [2.45, 2.75) is 19.1 Å². The maximum absolute atomic E-state index is 13.5. The molecule has 0 saturated heterocycles. The highest BCUT2D eigenvalue weighted by atomic mass is 19.1. The summed E-state index contributed by atoms with van der Waals surface area (Å²) in [5, 5.41) is 6.58. The van der Waals surface area contributed by atoms with Gasteiger partial charge in [0.2, 0.25) is 0 Å². The number of halogens is 1. The highest BCUT2D eigenvalue weighted by Crippen LogP contribution is 2.33. The summed E-state index contributed by atoms with van der Waals surface area (Å²) in [5.74, 6) is 0.222. The van der Waals surface area contributed by atoms with Gasteiger partial charge in [0, 0.05) is 37.2 Å². The first kappa shape index (κ1) is 17.4. The molecule has 4 rings (SSSR count). The van der Waals surface area contributed by atoms with Crippen molar-refractivity contribution in [3.8, 4) is 17.0 Å². The van der Waals surface area contributed by atoms with Gasteiger partial charge in [-0.25, -0.2) is 9.49 Å². The van der Waals surface area contributed by atoms with Gasteiger partial charge < -0.3 is 9.64 Å². The Morgan fingerprint density at radius 2 is 2.07 bits per heavy atom. The van der Waals surface area contributed by atoms with Crippen molar-refractivity contribution in [3.63, 3.8) is 0 Å². The van der Waals surface area contributed by atoms with Gasteiger partial charge in [0.15, 0.2) is 0 Å². The van der Waals surface area contributed by atoms with E-state index in [-0.39, 0.29) is 17.5 Å². The average molecular weight is 365 g/mol. The molecule has 6 heteroatoms. The van der Waals surface area contributed by atoms with Gasteiger partial charge in [0.05, 0.1) is 5.69 Å². The van der Waals surface area contributed by atoms with E-state index in [0.29, 0.717) is 11.4 Å². The first-order valence-electron chi connectivity index (χ1n) is 8.88. The zero-order valence-corrected chi connectivity index (χ0v) is 15.0. The molecule has 1 N–H and O–H groups in total. The molecule has 0 aliphatic carbocycles. The van der Waals surface area contributed by atoms with Crippen molar-refractivity contribution in [2.75, 3.05) is 13.6 Å². The van der Waals surface area contributed by atoms with Gasteiger partial charge in [-0.05, 0) is 42.4 Å². The highest BCUT2D eigenvalue weighted by Gasteiger charge is 2.23. The van der Waals surface area contributed by atoms with E-state index in [2.05, 4.69) is 28.2 Å². The van der Waals surface area contributed by atoms with E-state index in [1.807, 2.05) is 12.1 Å². The van der Waals surface area contributed by atoms with E-state index in [4.69, 9.17) is 4.74 Å². The van der Waals surface area contributed by atoms with Gasteiger partial charge >= 0.3 is 0 Å². The van der Waals surface area contributed by atoms with Crippen molar-refractivity contribution in [2.24, 2.45) is 0 Å². The molecule has 0 spiro atoms. The zero-order valence-electron chi connectivity index (χ0n) is 15.0. The standard InChI is InChI=1S/C21H20FN3O2/c1-25-10-9-20(27-17-4-2-3-16(22)12-17)18-6-5-14(11-15(18)13-25)19-7-8-21(26)24-23-19/h2-8,11-12,20H,9-10,13H2,1H3,(H,24,26). The Hall–Kier alpha value is -2.99. The Morgan fingerprint density at radius 3 is 2.85 bits per heavy atom. The number of hydrogen-bond donors (Lipinski definition) is 1. The normalized spacial score (nSPS) is 17.2. The molecule has 138 valence electrons. The third-order valence-electron chi connectivity index (χ3n) is 4.75. The smallest absolute Gasteiger partial charge is 0.264 e. The average Bonchev–Trinajstić information content (AvgIpc) is 2.80. The van der Waals surface area contributed by atoms with Crippen molar-refractivity contribution in [3.05, 3.63) is 81.9 Å². The number of hydrogen-bond acceptors (Lipinski definition) is 4. The maximum Gasteiger partial charge on any atom is 0.264 e. The van der Waals surface area contributed by atoms with Gasteiger partial charge in [-0.15, -0.1) is 0 Å². The third kappa shape index (κ3) is 3.90. The summed E-state index contributed by atoms with van der Waals surface area (Å²) in [7, 11) is 2.07. The van der Waals surface area contributed by atoms with E-state index >= 15 is 0 Å². The Morgan fingerprint density at radius 1 is 1.19 bits per heavy atom. The molecule has 1 aliphatic rings. The largest absolute Gasteiger partial charge is 0.486 e. The summed E-state index contributed by atoms with van der Waals surface area (Å²) in [6.45, 7) is 1.66. The quantitative estimate of drug-likeness (QED) is 0.771. The Labute approximate surface area is 156 Å². The predicted octanol–water partition coefficient (Wildman–Crippen LogP) is 3.53. The number of nitrogens with one attached hydrogen (secondary N) is 1. The summed E-state index contributed by atoms with van der Waals surface area (Å²) >= 11 is 0. The molecule has 1 aliphatic heterocycles. The van der Waals surface area contributed by atoms with Crippen LogP contribution in [0.25, 0.3) is 11.3 Å². The number of aromatic nitrogens is 2. The van der Waals surface area contributed by atoms with Crippen LogP contribution in [0.4, 0.5) is 4.39 Å². The molecule has 0 radical (unpaired) electrons. The molecule has 0 fully saturated rings. The summed E-state index contributed by atoms with van der Waals surface area (Å²) in [4.78, 5) is 13.5. The molecule has 0 amide bonds. The lowest BCUT2D eigenvalue weighted by Gasteiger charge is -2.20. The second-order valence-corrected chi connectivity index (χ2v) is 6.81. The first-order valence-corrected chi connectivity index (χ1v) is 8.88. The van der Waals surface area contributed by atoms with Crippen LogP contribution in [-0.2, 0) is 6.54 Å². The lowest BCUT2D eigenvalue weighted by Crippen LogP contribution is -2.18. The Kier molecular flexibility index (Phi) is 4.73. The second-order valence-electron chi connectivity index (χ2n) is 6.81. The summed E-state index contributed by atoms with van der Waals surface area (Å²) in [5.41, 5.74) is 3.66. The number of nitrogens with zero attached hydrogens (tertiary/aromatic N) is 2. The minimum Gasteiger partial charge on any atom is -0.486 e. The fourth-order valence-corrected chi connectivity index (χ4v) is 3.41. The molecule has 1 aromatic heterocycles. The topological polar surface area (TPSA) is 58.2 Å². The highest BCUT2D eigenvalue weighted by molar-refractivity contribution is 5.60. The van der Waals surface area contributed by atoms with Crippen LogP contribution in [0.15, 0.2) is 59.4 Å². The van der Waals surface area contributed by atoms with Gasteiger partial charge in [-0.2, -0.15) is 5.10 Å². The van der Waals surface area contributed by atoms with Crippen molar-refractivity contribution < 1.29 is 9.13 Å². The van der Waals surface area contributed by atoms with E-state index in [0.717, 1.165) is 36.2 Å². The lowest BCUT2D eigenvalue weighted by molar-refractivity contribution is 0.182. The van der Waals surface area contributed by atoms with Crippen molar-refractivity contribution in [1.29, 1.82) is 0 Å². The molecular weight excluding hydrogens is 345 g/mol. The van der Waals surface area contributed by atoms with Crippen LogP contribution in [0.1, 0.15) is 23.7 Å². The molecule has 27 heavy (non-hydrogen) atoms. The third-order valence-corrected chi connectivity index (χ3v) is 4.75. The van der Waals surface area contributed by atoms with Gasteiger partial charge in [-0.1, -0.05) is 18.2 Å². The summed E-state index contributed by atoms with van der Waals surface area (Å²) in [6, 6.07) is 15.5. The number of benzene rings is 2. The SMILES string of the molecule is CN1CCC(Oc2cccc(F)c2)c2ccc(-c3ccc(=O)[nH]n3)cc2C1. The maximum atomic E-state index is 13.5. The minimum absolute atomic E-state index is 0.149. The monoisotopic (exact) mass is 365 g/mol. The molecule has 2 aromatic carbocycles. The molecule has 3 aromatic rings. The zero-order chi connectivity index (χ0) is 18.8. The number of ether oxygens (including phenoxy) is 1. The number of rotatable bonds is 3. The lowest BCUT2D eigenvalue weighted by atomic mass is 9.97. The Balaban J connectivity index is 1.69. The van der Waals surface area contributed by atoms with Gasteiger partial charge in [0.25, 0.3) is 5.56 Å². The van der Waals surface area contributed by atoms with Crippen LogP contribution in [0.2, 0.25) is 0 Å². The van der Waals surface area contributed by atoms with Crippen molar-refractivity contribution >= 4 is 0 Å². The van der Waals surface area contributed by atoms with Gasteiger partial charge in [0.1, 0.15) is 17.7 Å².